The minimum absolute atomic E-state index is 0.152. The van der Waals surface area contributed by atoms with Gasteiger partial charge in [0.05, 0.1) is 12.6 Å². The molecule has 1 saturated carbocycles. The van der Waals surface area contributed by atoms with Gasteiger partial charge < -0.3 is 15.4 Å². The average molecular weight is 184 g/mol. The van der Waals surface area contributed by atoms with Gasteiger partial charge in [-0.05, 0) is 12.8 Å². The van der Waals surface area contributed by atoms with E-state index < -0.39 is 0 Å². The van der Waals surface area contributed by atoms with Crippen LogP contribution in [0.15, 0.2) is 0 Å². The van der Waals surface area contributed by atoms with Crippen molar-refractivity contribution in [2.45, 2.75) is 37.8 Å². The molecule has 13 heavy (non-hydrogen) atoms. The minimum atomic E-state index is -0.178. The Hall–Kier alpha value is -0.770. The number of carbonyl (C=O) groups excluding carboxylic acids is 1. The minimum Gasteiger partial charge on any atom is -0.448 e. The molecule has 2 fully saturated rings. The standard InChI is InChI=1S/C9H16N2O2/c10-7-3-1-2-4-8(7)11-5-6-13-9(11)12/h7-8H,1-6,10H2/t7-,8-/m1/s1. The first kappa shape index (κ1) is 8.81. The molecule has 0 spiro atoms. The summed E-state index contributed by atoms with van der Waals surface area (Å²) in [7, 11) is 0. The molecule has 2 aliphatic rings. The molecule has 2 rings (SSSR count). The van der Waals surface area contributed by atoms with Gasteiger partial charge in [-0.1, -0.05) is 12.8 Å². The first-order valence-electron chi connectivity index (χ1n) is 4.98. The van der Waals surface area contributed by atoms with Crippen molar-refractivity contribution in [3.05, 3.63) is 0 Å². The molecule has 1 aliphatic carbocycles. The highest BCUT2D eigenvalue weighted by atomic mass is 16.6. The number of nitrogens with two attached hydrogens (primary N) is 1. The fourth-order valence-electron chi connectivity index (χ4n) is 2.23. The molecule has 4 nitrogen and oxygen atoms in total. The predicted octanol–water partition coefficient (Wildman–Crippen LogP) is 0.708. The lowest BCUT2D eigenvalue weighted by atomic mass is 9.90. The van der Waals surface area contributed by atoms with Crippen molar-refractivity contribution in [3.63, 3.8) is 0 Å². The molecule has 2 atom stereocenters. The van der Waals surface area contributed by atoms with Crippen LogP contribution in [0.3, 0.4) is 0 Å². The fraction of sp³-hybridized carbons (Fsp3) is 0.889. The Morgan fingerprint density at radius 3 is 2.77 bits per heavy atom. The molecule has 0 aromatic rings. The average Bonchev–Trinajstić information content (AvgIpc) is 2.52. The maximum atomic E-state index is 11.3. The lowest BCUT2D eigenvalue weighted by molar-refractivity contribution is 0.132. The van der Waals surface area contributed by atoms with Crippen LogP contribution in [-0.4, -0.2) is 36.2 Å². The van der Waals surface area contributed by atoms with Crippen LogP contribution in [-0.2, 0) is 4.74 Å². The van der Waals surface area contributed by atoms with Gasteiger partial charge in [-0.3, -0.25) is 0 Å². The number of cyclic esters (lactones) is 1. The second kappa shape index (κ2) is 3.54. The van der Waals surface area contributed by atoms with Crippen molar-refractivity contribution in [1.82, 2.24) is 4.90 Å². The van der Waals surface area contributed by atoms with E-state index in [0.717, 1.165) is 19.4 Å². The zero-order valence-electron chi connectivity index (χ0n) is 7.74. The lowest BCUT2D eigenvalue weighted by Crippen LogP contribution is -2.49. The van der Waals surface area contributed by atoms with Crippen molar-refractivity contribution in [2.24, 2.45) is 5.73 Å². The molecular weight excluding hydrogens is 168 g/mol. The van der Waals surface area contributed by atoms with Gasteiger partial charge >= 0.3 is 6.09 Å². The molecule has 1 heterocycles. The second-order valence-electron chi connectivity index (χ2n) is 3.82. The van der Waals surface area contributed by atoms with E-state index in [9.17, 15) is 4.79 Å². The maximum absolute atomic E-state index is 11.3. The predicted molar refractivity (Wildman–Crippen MR) is 48.3 cm³/mol. The highest BCUT2D eigenvalue weighted by molar-refractivity contribution is 5.69. The Bertz CT molecular complexity index is 208. The summed E-state index contributed by atoms with van der Waals surface area (Å²) in [6, 6.07) is 0.378. The van der Waals surface area contributed by atoms with E-state index in [1.54, 1.807) is 4.90 Å². The van der Waals surface area contributed by atoms with Crippen LogP contribution >= 0.6 is 0 Å². The molecule has 4 heteroatoms. The van der Waals surface area contributed by atoms with Crippen molar-refractivity contribution < 1.29 is 9.53 Å². The maximum Gasteiger partial charge on any atom is 0.410 e. The number of amides is 1. The molecule has 0 aromatic heterocycles. The number of ether oxygens (including phenoxy) is 1. The molecule has 1 aliphatic heterocycles. The summed E-state index contributed by atoms with van der Waals surface area (Å²) in [6.45, 7) is 1.25. The smallest absolute Gasteiger partial charge is 0.410 e. The third-order valence-corrected chi connectivity index (χ3v) is 2.97. The summed E-state index contributed by atoms with van der Waals surface area (Å²) in [5.74, 6) is 0. The SMILES string of the molecule is N[C@@H]1CCCC[C@H]1N1CCOC1=O. The summed E-state index contributed by atoms with van der Waals surface area (Å²) in [5.41, 5.74) is 5.97. The van der Waals surface area contributed by atoms with Gasteiger partial charge in [0, 0.05) is 6.04 Å². The summed E-state index contributed by atoms with van der Waals surface area (Å²) in [5, 5.41) is 0. The van der Waals surface area contributed by atoms with Crippen molar-refractivity contribution in [1.29, 1.82) is 0 Å². The van der Waals surface area contributed by atoms with Gasteiger partial charge in [0.2, 0.25) is 0 Å². The van der Waals surface area contributed by atoms with E-state index in [0.29, 0.717) is 6.61 Å². The van der Waals surface area contributed by atoms with Crippen molar-refractivity contribution in [2.75, 3.05) is 13.2 Å². The molecule has 0 bridgehead atoms. The van der Waals surface area contributed by atoms with Crippen molar-refractivity contribution in [3.8, 4) is 0 Å². The number of hydrogen-bond acceptors (Lipinski definition) is 3. The molecular formula is C9H16N2O2. The molecule has 0 aromatic carbocycles. The van der Waals surface area contributed by atoms with E-state index in [-0.39, 0.29) is 18.2 Å². The van der Waals surface area contributed by atoms with E-state index in [4.69, 9.17) is 10.5 Å². The Labute approximate surface area is 78.0 Å². The van der Waals surface area contributed by atoms with E-state index in [1.807, 2.05) is 0 Å². The van der Waals surface area contributed by atoms with Gasteiger partial charge in [-0.15, -0.1) is 0 Å². The normalized spacial score (nSPS) is 34.8. The molecule has 2 N–H and O–H groups in total. The zero-order valence-corrected chi connectivity index (χ0v) is 7.74. The quantitative estimate of drug-likeness (QED) is 0.653. The Morgan fingerprint density at radius 2 is 2.15 bits per heavy atom. The van der Waals surface area contributed by atoms with E-state index in [1.165, 1.54) is 12.8 Å². The van der Waals surface area contributed by atoms with Crippen LogP contribution in [0.1, 0.15) is 25.7 Å². The molecule has 0 radical (unpaired) electrons. The molecule has 1 saturated heterocycles. The van der Waals surface area contributed by atoms with Crippen LogP contribution in [0.2, 0.25) is 0 Å². The number of hydrogen-bond donors (Lipinski definition) is 1. The van der Waals surface area contributed by atoms with Gasteiger partial charge in [0.1, 0.15) is 6.61 Å². The largest absolute Gasteiger partial charge is 0.448 e. The number of rotatable bonds is 1. The van der Waals surface area contributed by atoms with Crippen LogP contribution < -0.4 is 5.73 Å². The number of nitrogens with zero attached hydrogens (tertiary/aromatic N) is 1. The lowest BCUT2D eigenvalue weighted by Gasteiger charge is -2.34. The summed E-state index contributed by atoms with van der Waals surface area (Å²) >= 11 is 0. The van der Waals surface area contributed by atoms with Gasteiger partial charge in [0.25, 0.3) is 0 Å². The van der Waals surface area contributed by atoms with Crippen LogP contribution in [0, 0.1) is 0 Å². The monoisotopic (exact) mass is 184 g/mol. The van der Waals surface area contributed by atoms with E-state index in [2.05, 4.69) is 0 Å². The third-order valence-electron chi connectivity index (χ3n) is 2.97. The van der Waals surface area contributed by atoms with Crippen molar-refractivity contribution >= 4 is 6.09 Å². The summed E-state index contributed by atoms with van der Waals surface area (Å²) in [6.07, 6.45) is 4.27. The van der Waals surface area contributed by atoms with Crippen LogP contribution in [0.5, 0.6) is 0 Å². The number of carbonyl (C=O) groups is 1. The highest BCUT2D eigenvalue weighted by Gasteiger charge is 2.34. The molecule has 1 amide bonds. The second-order valence-corrected chi connectivity index (χ2v) is 3.82. The zero-order chi connectivity index (χ0) is 9.26. The highest BCUT2D eigenvalue weighted by Crippen LogP contribution is 2.23. The van der Waals surface area contributed by atoms with Gasteiger partial charge in [-0.2, -0.15) is 0 Å². The third kappa shape index (κ3) is 1.63. The Morgan fingerprint density at radius 1 is 1.38 bits per heavy atom. The first-order valence-corrected chi connectivity index (χ1v) is 4.98. The molecule has 74 valence electrons. The molecule has 0 unspecified atom stereocenters. The fourth-order valence-corrected chi connectivity index (χ4v) is 2.23. The van der Waals surface area contributed by atoms with E-state index >= 15 is 0 Å². The van der Waals surface area contributed by atoms with Crippen LogP contribution in [0.25, 0.3) is 0 Å². The first-order chi connectivity index (χ1) is 6.29. The summed E-state index contributed by atoms with van der Waals surface area (Å²) in [4.78, 5) is 13.1. The van der Waals surface area contributed by atoms with Gasteiger partial charge in [-0.25, -0.2) is 4.79 Å². The topological polar surface area (TPSA) is 55.6 Å². The Balaban J connectivity index is 2.01. The van der Waals surface area contributed by atoms with Gasteiger partial charge in [0.15, 0.2) is 0 Å². The Kier molecular flexibility index (Phi) is 2.40. The van der Waals surface area contributed by atoms with Crippen LogP contribution in [0.4, 0.5) is 4.79 Å². The summed E-state index contributed by atoms with van der Waals surface area (Å²) < 4.78 is 4.90.